The van der Waals surface area contributed by atoms with Crippen LogP contribution in [0.4, 0.5) is 11.4 Å². The highest BCUT2D eigenvalue weighted by Gasteiger charge is 2.15. The van der Waals surface area contributed by atoms with Crippen molar-refractivity contribution in [2.24, 2.45) is 0 Å². The Morgan fingerprint density at radius 3 is 2.37 bits per heavy atom. The number of nitrogen functional groups attached to an aromatic ring is 1. The molecule has 0 bridgehead atoms. The minimum atomic E-state index is -3.58. The first-order valence-electron chi connectivity index (χ1n) is 5.53. The average Bonchev–Trinajstić information content (AvgIpc) is 2.35. The molecule has 19 heavy (non-hydrogen) atoms. The zero-order valence-corrected chi connectivity index (χ0v) is 13.2. The van der Waals surface area contributed by atoms with Crippen LogP contribution in [0, 0.1) is 10.5 Å². The summed E-state index contributed by atoms with van der Waals surface area (Å²) in [4.78, 5) is 0.231. The van der Waals surface area contributed by atoms with E-state index in [1.165, 1.54) is 0 Å². The Labute approximate surface area is 126 Å². The third-order valence-electron chi connectivity index (χ3n) is 2.74. The third kappa shape index (κ3) is 3.19. The predicted molar refractivity (Wildman–Crippen MR) is 85.6 cm³/mol. The van der Waals surface area contributed by atoms with Gasteiger partial charge in [0.2, 0.25) is 0 Å². The van der Waals surface area contributed by atoms with E-state index in [1.54, 1.807) is 49.4 Å². The van der Waals surface area contributed by atoms with Gasteiger partial charge in [-0.05, 0) is 71.5 Å². The molecule has 4 nitrogen and oxygen atoms in total. The molecule has 0 saturated carbocycles. The molecule has 2 aromatic rings. The van der Waals surface area contributed by atoms with Crippen molar-refractivity contribution in [2.75, 3.05) is 10.5 Å². The number of nitrogens with one attached hydrogen (secondary N) is 1. The Hall–Kier alpha value is -1.28. The molecule has 0 saturated heterocycles. The van der Waals surface area contributed by atoms with Crippen LogP contribution in [0.2, 0.25) is 0 Å². The first kappa shape index (κ1) is 14.1. The van der Waals surface area contributed by atoms with Crippen LogP contribution in [0.15, 0.2) is 47.4 Å². The highest BCUT2D eigenvalue weighted by atomic mass is 127. The number of rotatable bonds is 3. The molecule has 0 unspecified atom stereocenters. The van der Waals surface area contributed by atoms with Gasteiger partial charge < -0.3 is 5.73 Å². The molecular weight excluding hydrogens is 375 g/mol. The first-order chi connectivity index (χ1) is 8.90. The van der Waals surface area contributed by atoms with Crippen LogP contribution in [0.25, 0.3) is 0 Å². The maximum Gasteiger partial charge on any atom is 0.261 e. The molecule has 100 valence electrons. The lowest BCUT2D eigenvalue weighted by Gasteiger charge is -2.12. The summed E-state index contributed by atoms with van der Waals surface area (Å²) in [6.45, 7) is 1.78. The normalized spacial score (nSPS) is 11.3. The van der Waals surface area contributed by atoms with E-state index in [2.05, 4.69) is 27.3 Å². The summed E-state index contributed by atoms with van der Waals surface area (Å²) in [6.07, 6.45) is 0. The Kier molecular flexibility index (Phi) is 4.00. The van der Waals surface area contributed by atoms with E-state index in [9.17, 15) is 8.42 Å². The van der Waals surface area contributed by atoms with Crippen molar-refractivity contribution in [3.63, 3.8) is 0 Å². The third-order valence-corrected chi connectivity index (χ3v) is 4.84. The van der Waals surface area contributed by atoms with E-state index in [-0.39, 0.29) is 4.90 Å². The van der Waals surface area contributed by atoms with Crippen molar-refractivity contribution in [1.29, 1.82) is 0 Å². The monoisotopic (exact) mass is 388 g/mol. The molecular formula is C13H13IN2O2S. The van der Waals surface area contributed by atoms with Gasteiger partial charge in [0.25, 0.3) is 10.0 Å². The lowest BCUT2D eigenvalue weighted by molar-refractivity contribution is 0.601. The number of sulfonamides is 1. The summed E-state index contributed by atoms with van der Waals surface area (Å²) in [5.41, 5.74) is 7.54. The quantitative estimate of drug-likeness (QED) is 0.627. The van der Waals surface area contributed by atoms with Crippen LogP contribution in [-0.2, 0) is 10.0 Å². The number of halogens is 1. The summed E-state index contributed by atoms with van der Waals surface area (Å²) in [5, 5.41) is 0. The molecule has 0 radical (unpaired) electrons. The molecule has 0 atom stereocenters. The van der Waals surface area contributed by atoms with Gasteiger partial charge in [-0.2, -0.15) is 0 Å². The zero-order chi connectivity index (χ0) is 14.0. The molecule has 2 aromatic carbocycles. The second kappa shape index (κ2) is 5.38. The molecule has 2 rings (SSSR count). The van der Waals surface area contributed by atoms with Gasteiger partial charge in [0.15, 0.2) is 0 Å². The smallest absolute Gasteiger partial charge is 0.261 e. The van der Waals surface area contributed by atoms with Gasteiger partial charge in [-0.15, -0.1) is 0 Å². The Bertz CT molecular complexity index is 697. The standard InChI is InChI=1S/C13H13IN2O2S/c1-9-12(15)3-2-4-13(9)16-19(17,18)11-7-5-10(14)6-8-11/h2-8,16H,15H2,1H3. The topological polar surface area (TPSA) is 72.2 Å². The maximum absolute atomic E-state index is 12.2. The van der Waals surface area contributed by atoms with Crippen LogP contribution < -0.4 is 10.5 Å². The van der Waals surface area contributed by atoms with Gasteiger partial charge in [-0.1, -0.05) is 6.07 Å². The van der Waals surface area contributed by atoms with Crippen LogP contribution in [0.3, 0.4) is 0 Å². The van der Waals surface area contributed by atoms with E-state index in [1.807, 2.05) is 0 Å². The van der Waals surface area contributed by atoms with Crippen molar-refractivity contribution in [3.8, 4) is 0 Å². The van der Waals surface area contributed by atoms with Crippen molar-refractivity contribution < 1.29 is 8.42 Å². The summed E-state index contributed by atoms with van der Waals surface area (Å²) < 4.78 is 28.0. The summed E-state index contributed by atoms with van der Waals surface area (Å²) in [5.74, 6) is 0. The van der Waals surface area contributed by atoms with Crippen LogP contribution >= 0.6 is 22.6 Å². The molecule has 0 fully saturated rings. The highest BCUT2D eigenvalue weighted by Crippen LogP contribution is 2.23. The highest BCUT2D eigenvalue weighted by molar-refractivity contribution is 14.1. The number of anilines is 2. The van der Waals surface area contributed by atoms with E-state index < -0.39 is 10.0 Å². The predicted octanol–water partition coefficient (Wildman–Crippen LogP) is 2.98. The average molecular weight is 388 g/mol. The van der Waals surface area contributed by atoms with Crippen LogP contribution in [0.5, 0.6) is 0 Å². The minimum absolute atomic E-state index is 0.231. The van der Waals surface area contributed by atoms with Crippen molar-refractivity contribution in [3.05, 3.63) is 51.6 Å². The number of nitrogens with two attached hydrogens (primary N) is 1. The fraction of sp³-hybridized carbons (Fsp3) is 0.0769. The summed E-state index contributed by atoms with van der Waals surface area (Å²) in [7, 11) is -3.58. The van der Waals surface area contributed by atoms with Gasteiger partial charge >= 0.3 is 0 Å². The van der Waals surface area contributed by atoms with Gasteiger partial charge in [0.1, 0.15) is 0 Å². The molecule has 0 aliphatic carbocycles. The lowest BCUT2D eigenvalue weighted by Crippen LogP contribution is -2.14. The molecule has 6 heteroatoms. The van der Waals surface area contributed by atoms with Crippen LogP contribution in [-0.4, -0.2) is 8.42 Å². The fourth-order valence-corrected chi connectivity index (χ4v) is 3.06. The molecule has 0 aliphatic heterocycles. The fourth-order valence-electron chi connectivity index (χ4n) is 1.58. The van der Waals surface area contributed by atoms with Gasteiger partial charge in [-0.3, -0.25) is 4.72 Å². The van der Waals surface area contributed by atoms with E-state index in [4.69, 9.17) is 5.73 Å². The minimum Gasteiger partial charge on any atom is -0.398 e. The number of benzene rings is 2. The number of hydrogen-bond donors (Lipinski definition) is 2. The molecule has 3 N–H and O–H groups in total. The Morgan fingerprint density at radius 2 is 1.74 bits per heavy atom. The summed E-state index contributed by atoms with van der Waals surface area (Å²) in [6, 6.07) is 11.8. The maximum atomic E-state index is 12.2. The lowest BCUT2D eigenvalue weighted by atomic mass is 10.2. The first-order valence-corrected chi connectivity index (χ1v) is 8.10. The van der Waals surface area contributed by atoms with Crippen molar-refractivity contribution >= 4 is 44.0 Å². The van der Waals surface area contributed by atoms with Gasteiger partial charge in [0, 0.05) is 9.26 Å². The van der Waals surface area contributed by atoms with Gasteiger partial charge in [0.05, 0.1) is 10.6 Å². The van der Waals surface area contributed by atoms with Crippen molar-refractivity contribution in [1.82, 2.24) is 0 Å². The van der Waals surface area contributed by atoms with Gasteiger partial charge in [-0.25, -0.2) is 8.42 Å². The second-order valence-electron chi connectivity index (χ2n) is 4.08. The second-order valence-corrected chi connectivity index (χ2v) is 7.01. The zero-order valence-electron chi connectivity index (χ0n) is 10.2. The summed E-state index contributed by atoms with van der Waals surface area (Å²) >= 11 is 2.13. The Morgan fingerprint density at radius 1 is 1.11 bits per heavy atom. The SMILES string of the molecule is Cc1c(N)cccc1NS(=O)(=O)c1ccc(I)cc1. The molecule has 0 amide bonds. The van der Waals surface area contributed by atoms with E-state index >= 15 is 0 Å². The molecule has 0 aliphatic rings. The van der Waals surface area contributed by atoms with E-state index in [0.717, 1.165) is 9.13 Å². The number of hydrogen-bond acceptors (Lipinski definition) is 3. The van der Waals surface area contributed by atoms with E-state index in [0.29, 0.717) is 11.4 Å². The Balaban J connectivity index is 2.36. The van der Waals surface area contributed by atoms with Crippen LogP contribution in [0.1, 0.15) is 5.56 Å². The molecule has 0 heterocycles. The molecule has 0 aromatic heterocycles. The molecule has 0 spiro atoms. The largest absolute Gasteiger partial charge is 0.398 e. The van der Waals surface area contributed by atoms with Crippen molar-refractivity contribution in [2.45, 2.75) is 11.8 Å².